The maximum atomic E-state index is 11.5. The van der Waals surface area contributed by atoms with Crippen LogP contribution in [-0.4, -0.2) is 21.4 Å². The lowest BCUT2D eigenvalue weighted by Crippen LogP contribution is -2.27. The Morgan fingerprint density at radius 2 is 1.87 bits per heavy atom. The van der Waals surface area contributed by atoms with E-state index in [9.17, 15) is 14.4 Å². The normalized spacial score (nSPS) is 10.1. The van der Waals surface area contributed by atoms with Crippen LogP contribution in [0.5, 0.6) is 0 Å². The van der Waals surface area contributed by atoms with E-state index in [4.69, 9.17) is 5.11 Å². The molecule has 1 aromatic heterocycles. The van der Waals surface area contributed by atoms with E-state index in [2.05, 4.69) is 0 Å². The number of carbonyl (C=O) groups excluding carboxylic acids is 1. The number of aromatic carboxylic acids is 1. The summed E-state index contributed by atoms with van der Waals surface area (Å²) in [7, 11) is 1.44. The molecule has 0 aromatic carbocycles. The Bertz CT molecular complexity index is 499. The number of hydrogen-bond donors (Lipinski definition) is 1. The molecule has 1 aromatic rings. The molecule has 5 nitrogen and oxygen atoms in total. The molecule has 0 saturated heterocycles. The van der Waals surface area contributed by atoms with E-state index in [1.807, 2.05) is 0 Å². The predicted molar refractivity (Wildman–Crippen MR) is 53.4 cm³/mol. The average Bonchev–Trinajstić information content (AvgIpc) is 2.13. The van der Waals surface area contributed by atoms with Crippen LogP contribution in [0.2, 0.25) is 0 Å². The first kappa shape index (κ1) is 11.2. The second-order valence-corrected chi connectivity index (χ2v) is 3.28. The molecule has 0 radical (unpaired) electrons. The number of aromatic nitrogens is 1. The molecule has 0 aliphatic carbocycles. The number of ketones is 1. The third-order valence-electron chi connectivity index (χ3n) is 2.33. The van der Waals surface area contributed by atoms with Gasteiger partial charge in [0.2, 0.25) is 0 Å². The molecular weight excluding hydrogens is 198 g/mol. The molecule has 0 atom stereocenters. The van der Waals surface area contributed by atoms with Crippen LogP contribution in [0.15, 0.2) is 10.9 Å². The van der Waals surface area contributed by atoms with E-state index in [-0.39, 0.29) is 16.9 Å². The third kappa shape index (κ3) is 1.81. The predicted octanol–water partition coefficient (Wildman–Crippen LogP) is 0.595. The van der Waals surface area contributed by atoms with Gasteiger partial charge in [0, 0.05) is 18.3 Å². The highest BCUT2D eigenvalue weighted by atomic mass is 16.4. The van der Waals surface area contributed by atoms with Crippen molar-refractivity contribution in [3.63, 3.8) is 0 Å². The fourth-order valence-corrected chi connectivity index (χ4v) is 1.33. The third-order valence-corrected chi connectivity index (χ3v) is 2.33. The highest BCUT2D eigenvalue weighted by Crippen LogP contribution is 2.07. The second kappa shape index (κ2) is 3.68. The summed E-state index contributed by atoms with van der Waals surface area (Å²) in [6.07, 6.45) is 0. The molecule has 1 heterocycles. The Morgan fingerprint density at radius 1 is 1.33 bits per heavy atom. The van der Waals surface area contributed by atoms with Crippen molar-refractivity contribution < 1.29 is 14.7 Å². The van der Waals surface area contributed by atoms with E-state index >= 15 is 0 Å². The molecule has 0 aliphatic rings. The largest absolute Gasteiger partial charge is 0.477 e. The standard InChI is InChI=1S/C10H11NO4/c1-5-7(6(2)12)4-8(10(14)15)9(13)11(5)3/h4H,1-3H3,(H,14,15). The van der Waals surface area contributed by atoms with Gasteiger partial charge in [-0.1, -0.05) is 0 Å². The number of hydrogen-bond acceptors (Lipinski definition) is 3. The molecule has 0 amide bonds. The van der Waals surface area contributed by atoms with Crippen LogP contribution in [0.3, 0.4) is 0 Å². The van der Waals surface area contributed by atoms with Gasteiger partial charge in [0.15, 0.2) is 5.78 Å². The highest BCUT2D eigenvalue weighted by Gasteiger charge is 2.16. The molecule has 5 heteroatoms. The Morgan fingerprint density at radius 3 is 2.27 bits per heavy atom. The molecule has 15 heavy (non-hydrogen) atoms. The van der Waals surface area contributed by atoms with Crippen molar-refractivity contribution in [2.24, 2.45) is 7.05 Å². The van der Waals surface area contributed by atoms with Gasteiger partial charge in [-0.05, 0) is 19.9 Å². The van der Waals surface area contributed by atoms with Crippen LogP contribution >= 0.6 is 0 Å². The summed E-state index contributed by atoms with van der Waals surface area (Å²) in [5.74, 6) is -1.58. The lowest BCUT2D eigenvalue weighted by atomic mass is 10.1. The van der Waals surface area contributed by atoms with E-state index in [0.717, 1.165) is 6.07 Å². The summed E-state index contributed by atoms with van der Waals surface area (Å²) in [6.45, 7) is 2.93. The summed E-state index contributed by atoms with van der Waals surface area (Å²) in [5, 5.41) is 8.76. The fraction of sp³-hybridized carbons (Fsp3) is 0.300. The number of carboxylic acid groups (broad SMARTS) is 1. The minimum atomic E-state index is -1.32. The number of pyridine rings is 1. The lowest BCUT2D eigenvalue weighted by Gasteiger charge is -2.08. The monoisotopic (exact) mass is 209 g/mol. The van der Waals surface area contributed by atoms with Crippen LogP contribution in [0.25, 0.3) is 0 Å². The van der Waals surface area contributed by atoms with Crippen molar-refractivity contribution in [1.29, 1.82) is 0 Å². The molecule has 0 aliphatic heterocycles. The van der Waals surface area contributed by atoms with Gasteiger partial charge in [-0.3, -0.25) is 9.59 Å². The number of Topliss-reactive ketones (excluding diaryl/α,β-unsaturated/α-hetero) is 1. The van der Waals surface area contributed by atoms with Gasteiger partial charge in [0.1, 0.15) is 5.56 Å². The average molecular weight is 209 g/mol. The van der Waals surface area contributed by atoms with Gasteiger partial charge in [-0.15, -0.1) is 0 Å². The highest BCUT2D eigenvalue weighted by molar-refractivity contribution is 5.98. The molecular formula is C10H11NO4. The summed E-state index contributed by atoms with van der Waals surface area (Å²) in [4.78, 5) is 33.4. The molecule has 0 bridgehead atoms. The maximum absolute atomic E-state index is 11.5. The number of carbonyl (C=O) groups is 2. The topological polar surface area (TPSA) is 76.4 Å². The Labute approximate surface area is 86.0 Å². The first-order chi connectivity index (χ1) is 6.86. The Hall–Kier alpha value is -1.91. The van der Waals surface area contributed by atoms with Gasteiger partial charge in [0.25, 0.3) is 5.56 Å². The van der Waals surface area contributed by atoms with Crippen LogP contribution < -0.4 is 5.56 Å². The van der Waals surface area contributed by atoms with Gasteiger partial charge in [0.05, 0.1) is 0 Å². The molecule has 0 fully saturated rings. The van der Waals surface area contributed by atoms with Crippen molar-refractivity contribution in [3.8, 4) is 0 Å². The summed E-state index contributed by atoms with van der Waals surface area (Å²) in [5.41, 5.74) is -0.259. The molecule has 80 valence electrons. The van der Waals surface area contributed by atoms with Gasteiger partial charge < -0.3 is 9.67 Å². The Balaban J connectivity index is 3.67. The number of carboxylic acids is 1. The van der Waals surface area contributed by atoms with Gasteiger partial charge >= 0.3 is 5.97 Å². The van der Waals surface area contributed by atoms with E-state index < -0.39 is 11.5 Å². The number of rotatable bonds is 2. The van der Waals surface area contributed by atoms with Crippen molar-refractivity contribution in [2.75, 3.05) is 0 Å². The summed E-state index contributed by atoms with van der Waals surface area (Å²) >= 11 is 0. The zero-order valence-corrected chi connectivity index (χ0v) is 8.70. The maximum Gasteiger partial charge on any atom is 0.341 e. The minimum absolute atomic E-state index is 0.259. The minimum Gasteiger partial charge on any atom is -0.477 e. The first-order valence-corrected chi connectivity index (χ1v) is 4.31. The van der Waals surface area contributed by atoms with Crippen molar-refractivity contribution in [3.05, 3.63) is 33.2 Å². The Kier molecular flexibility index (Phi) is 2.74. The SMILES string of the molecule is CC(=O)c1cc(C(=O)O)c(=O)n(C)c1C. The van der Waals surface area contributed by atoms with Crippen molar-refractivity contribution in [1.82, 2.24) is 4.57 Å². The van der Waals surface area contributed by atoms with E-state index in [1.54, 1.807) is 6.92 Å². The van der Waals surface area contributed by atoms with Gasteiger partial charge in [-0.25, -0.2) is 4.79 Å². The smallest absolute Gasteiger partial charge is 0.341 e. The van der Waals surface area contributed by atoms with Crippen LogP contribution in [0.4, 0.5) is 0 Å². The molecule has 1 rings (SSSR count). The zero-order valence-electron chi connectivity index (χ0n) is 8.70. The summed E-state index contributed by atoms with van der Waals surface area (Å²) in [6, 6.07) is 1.13. The molecule has 1 N–H and O–H groups in total. The molecule has 0 saturated carbocycles. The summed E-state index contributed by atoms with van der Waals surface area (Å²) < 4.78 is 1.17. The zero-order chi connectivity index (χ0) is 11.7. The lowest BCUT2D eigenvalue weighted by molar-refractivity contribution is 0.0694. The van der Waals surface area contributed by atoms with Crippen LogP contribution in [-0.2, 0) is 7.05 Å². The van der Waals surface area contributed by atoms with Gasteiger partial charge in [-0.2, -0.15) is 0 Å². The fourth-order valence-electron chi connectivity index (χ4n) is 1.33. The quantitative estimate of drug-likeness (QED) is 0.723. The molecule has 0 unspecified atom stereocenters. The first-order valence-electron chi connectivity index (χ1n) is 4.31. The van der Waals surface area contributed by atoms with Crippen molar-refractivity contribution >= 4 is 11.8 Å². The number of nitrogens with zero attached hydrogens (tertiary/aromatic N) is 1. The molecule has 0 spiro atoms. The van der Waals surface area contributed by atoms with Crippen molar-refractivity contribution in [2.45, 2.75) is 13.8 Å². The second-order valence-electron chi connectivity index (χ2n) is 3.28. The van der Waals surface area contributed by atoms with Crippen LogP contribution in [0.1, 0.15) is 33.3 Å². The van der Waals surface area contributed by atoms with E-state index in [0.29, 0.717) is 5.69 Å². The van der Waals surface area contributed by atoms with Crippen LogP contribution in [0, 0.1) is 6.92 Å². The van der Waals surface area contributed by atoms with E-state index in [1.165, 1.54) is 18.5 Å².